The van der Waals surface area contributed by atoms with Crippen molar-refractivity contribution >= 4 is 0 Å². The third-order valence-corrected chi connectivity index (χ3v) is 1.94. The summed E-state index contributed by atoms with van der Waals surface area (Å²) in [7, 11) is 0. The van der Waals surface area contributed by atoms with E-state index < -0.39 is 0 Å². The zero-order valence-corrected chi connectivity index (χ0v) is 6.18. The average molecular weight is 126 g/mol. The van der Waals surface area contributed by atoms with Gasteiger partial charge in [-0.05, 0) is 12.8 Å². The molecule has 0 aliphatic carbocycles. The van der Waals surface area contributed by atoms with Crippen LogP contribution >= 0.6 is 0 Å². The van der Waals surface area contributed by atoms with Gasteiger partial charge in [0.1, 0.15) is 0 Å². The van der Waals surface area contributed by atoms with Gasteiger partial charge in [0.2, 0.25) is 0 Å². The SMILES string of the molecule is C=C1O[C@H](CC)C[C@H]1C. The van der Waals surface area contributed by atoms with Gasteiger partial charge in [-0.2, -0.15) is 0 Å². The lowest BCUT2D eigenvalue weighted by atomic mass is 10.1. The first-order chi connectivity index (χ1) is 4.24. The molecule has 1 aliphatic heterocycles. The summed E-state index contributed by atoms with van der Waals surface area (Å²) in [4.78, 5) is 0. The van der Waals surface area contributed by atoms with Crippen LogP contribution in [-0.2, 0) is 4.74 Å². The molecule has 0 amide bonds. The third-order valence-electron chi connectivity index (χ3n) is 1.94. The molecule has 1 saturated heterocycles. The van der Waals surface area contributed by atoms with Crippen LogP contribution < -0.4 is 0 Å². The zero-order valence-electron chi connectivity index (χ0n) is 6.18. The molecular weight excluding hydrogens is 112 g/mol. The van der Waals surface area contributed by atoms with Gasteiger partial charge < -0.3 is 4.74 Å². The van der Waals surface area contributed by atoms with Crippen LogP contribution in [0, 0.1) is 5.92 Å². The lowest BCUT2D eigenvalue weighted by Crippen LogP contribution is -2.00. The first-order valence-corrected chi connectivity index (χ1v) is 3.59. The lowest BCUT2D eigenvalue weighted by molar-refractivity contribution is 0.157. The van der Waals surface area contributed by atoms with E-state index in [1.807, 2.05) is 0 Å². The third kappa shape index (κ3) is 1.26. The highest BCUT2D eigenvalue weighted by atomic mass is 16.5. The van der Waals surface area contributed by atoms with E-state index in [0.29, 0.717) is 12.0 Å². The largest absolute Gasteiger partial charge is 0.495 e. The quantitative estimate of drug-likeness (QED) is 0.524. The van der Waals surface area contributed by atoms with Crippen LogP contribution in [-0.4, -0.2) is 6.10 Å². The van der Waals surface area contributed by atoms with Crippen LogP contribution in [0.15, 0.2) is 12.3 Å². The Kier molecular flexibility index (Phi) is 1.79. The van der Waals surface area contributed by atoms with Gasteiger partial charge >= 0.3 is 0 Å². The zero-order chi connectivity index (χ0) is 6.85. The second kappa shape index (κ2) is 2.42. The molecule has 2 atom stereocenters. The summed E-state index contributed by atoms with van der Waals surface area (Å²) in [5, 5.41) is 0. The van der Waals surface area contributed by atoms with E-state index in [-0.39, 0.29) is 0 Å². The number of hydrogen-bond donors (Lipinski definition) is 0. The first-order valence-electron chi connectivity index (χ1n) is 3.59. The highest BCUT2D eigenvalue weighted by Gasteiger charge is 2.24. The number of allylic oxidation sites excluding steroid dienone is 1. The van der Waals surface area contributed by atoms with Crippen molar-refractivity contribution in [3.05, 3.63) is 12.3 Å². The molecular formula is C8H14O. The van der Waals surface area contributed by atoms with Crippen molar-refractivity contribution in [3.63, 3.8) is 0 Å². The fraction of sp³-hybridized carbons (Fsp3) is 0.750. The number of ether oxygens (including phenoxy) is 1. The van der Waals surface area contributed by atoms with E-state index >= 15 is 0 Å². The molecule has 52 valence electrons. The van der Waals surface area contributed by atoms with Crippen LogP contribution in [0.2, 0.25) is 0 Å². The molecule has 9 heavy (non-hydrogen) atoms. The van der Waals surface area contributed by atoms with Crippen molar-refractivity contribution < 1.29 is 4.74 Å². The minimum Gasteiger partial charge on any atom is -0.495 e. The highest BCUT2D eigenvalue weighted by Crippen LogP contribution is 2.29. The van der Waals surface area contributed by atoms with Gasteiger partial charge in [-0.15, -0.1) is 0 Å². The van der Waals surface area contributed by atoms with Crippen molar-refractivity contribution in [1.29, 1.82) is 0 Å². The van der Waals surface area contributed by atoms with E-state index in [0.717, 1.165) is 18.6 Å². The summed E-state index contributed by atoms with van der Waals surface area (Å²) in [6.07, 6.45) is 2.73. The molecule has 1 heterocycles. The fourth-order valence-corrected chi connectivity index (χ4v) is 1.15. The second-order valence-electron chi connectivity index (χ2n) is 2.75. The van der Waals surface area contributed by atoms with Crippen molar-refractivity contribution in [2.24, 2.45) is 5.92 Å². The van der Waals surface area contributed by atoms with E-state index in [9.17, 15) is 0 Å². The number of hydrogen-bond acceptors (Lipinski definition) is 1. The monoisotopic (exact) mass is 126 g/mol. The predicted molar refractivity (Wildman–Crippen MR) is 38.1 cm³/mol. The van der Waals surface area contributed by atoms with E-state index in [1.54, 1.807) is 0 Å². The van der Waals surface area contributed by atoms with Gasteiger partial charge in [0.05, 0.1) is 11.9 Å². The molecule has 1 rings (SSSR count). The molecule has 1 fully saturated rings. The standard InChI is InChI=1S/C8H14O/c1-4-8-5-6(2)7(3)9-8/h6,8H,3-5H2,1-2H3/t6-,8-/m1/s1. The lowest BCUT2D eigenvalue weighted by Gasteiger charge is -2.04. The Morgan fingerprint density at radius 1 is 1.78 bits per heavy atom. The Morgan fingerprint density at radius 2 is 2.44 bits per heavy atom. The Bertz CT molecular complexity index is 118. The molecule has 0 spiro atoms. The van der Waals surface area contributed by atoms with Gasteiger partial charge in [0, 0.05) is 5.92 Å². The maximum atomic E-state index is 5.43. The van der Waals surface area contributed by atoms with Gasteiger partial charge in [-0.1, -0.05) is 20.4 Å². The normalized spacial score (nSPS) is 34.7. The summed E-state index contributed by atoms with van der Waals surface area (Å²) in [5.74, 6) is 1.55. The molecule has 0 N–H and O–H groups in total. The smallest absolute Gasteiger partial charge is 0.0986 e. The molecule has 1 nitrogen and oxygen atoms in total. The van der Waals surface area contributed by atoms with E-state index in [2.05, 4.69) is 20.4 Å². The fourth-order valence-electron chi connectivity index (χ4n) is 1.15. The summed E-state index contributed by atoms with van der Waals surface area (Å²) >= 11 is 0. The maximum Gasteiger partial charge on any atom is 0.0986 e. The van der Waals surface area contributed by atoms with Crippen LogP contribution in [0.4, 0.5) is 0 Å². The number of rotatable bonds is 1. The Balaban J connectivity index is 2.44. The Hall–Kier alpha value is -0.460. The molecule has 0 aromatic heterocycles. The highest BCUT2D eigenvalue weighted by molar-refractivity contribution is 4.96. The van der Waals surface area contributed by atoms with Gasteiger partial charge in [-0.25, -0.2) is 0 Å². The summed E-state index contributed by atoms with van der Waals surface area (Å²) < 4.78 is 5.43. The van der Waals surface area contributed by atoms with Crippen molar-refractivity contribution in [2.45, 2.75) is 32.8 Å². The van der Waals surface area contributed by atoms with Gasteiger partial charge in [0.25, 0.3) is 0 Å². The van der Waals surface area contributed by atoms with Gasteiger partial charge in [0.15, 0.2) is 0 Å². The molecule has 0 saturated carbocycles. The van der Waals surface area contributed by atoms with Crippen LogP contribution in [0.5, 0.6) is 0 Å². The molecule has 1 heteroatoms. The molecule has 0 radical (unpaired) electrons. The van der Waals surface area contributed by atoms with Crippen molar-refractivity contribution in [2.75, 3.05) is 0 Å². The van der Waals surface area contributed by atoms with Crippen LogP contribution in [0.1, 0.15) is 26.7 Å². The van der Waals surface area contributed by atoms with Crippen LogP contribution in [0.25, 0.3) is 0 Å². The van der Waals surface area contributed by atoms with E-state index in [1.165, 1.54) is 0 Å². The van der Waals surface area contributed by atoms with Crippen molar-refractivity contribution in [3.8, 4) is 0 Å². The Morgan fingerprint density at radius 3 is 2.67 bits per heavy atom. The van der Waals surface area contributed by atoms with Crippen molar-refractivity contribution in [1.82, 2.24) is 0 Å². The minimum atomic E-state index is 0.451. The molecule has 0 aromatic rings. The van der Waals surface area contributed by atoms with Crippen LogP contribution in [0.3, 0.4) is 0 Å². The topological polar surface area (TPSA) is 9.23 Å². The van der Waals surface area contributed by atoms with Gasteiger partial charge in [-0.3, -0.25) is 0 Å². The molecule has 0 unspecified atom stereocenters. The average Bonchev–Trinajstić information content (AvgIpc) is 2.13. The maximum absolute atomic E-state index is 5.43. The summed E-state index contributed by atoms with van der Waals surface area (Å²) in [6, 6.07) is 0. The Labute approximate surface area is 56.7 Å². The minimum absolute atomic E-state index is 0.451. The molecule has 0 bridgehead atoms. The van der Waals surface area contributed by atoms with E-state index in [4.69, 9.17) is 4.74 Å². The first kappa shape index (κ1) is 6.66. The molecule has 0 aromatic carbocycles. The molecule has 1 aliphatic rings. The predicted octanol–water partition coefficient (Wildman–Crippen LogP) is 2.34. The summed E-state index contributed by atoms with van der Waals surface area (Å²) in [5.41, 5.74) is 0. The summed E-state index contributed by atoms with van der Waals surface area (Å²) in [6.45, 7) is 8.12. The second-order valence-corrected chi connectivity index (χ2v) is 2.75.